The Morgan fingerprint density at radius 2 is 1.75 bits per heavy atom. The summed E-state index contributed by atoms with van der Waals surface area (Å²) in [5, 5.41) is 0. The third-order valence-corrected chi connectivity index (χ3v) is 4.40. The maximum Gasteiger partial charge on any atom is 0.240 e. The standard InChI is InChI=1S/C16H19NO2S/c1-13-8-10-16(11-9-13)20(18,19)17-14(2)12-15-6-4-3-5-7-15/h3-11,14,17H,12H2,1-2H3/t14-/m0/s1/i2D3. The molecule has 0 aliphatic carbocycles. The lowest BCUT2D eigenvalue weighted by Crippen LogP contribution is -2.34. The van der Waals surface area contributed by atoms with E-state index >= 15 is 0 Å². The van der Waals surface area contributed by atoms with Crippen LogP contribution in [0.5, 0.6) is 0 Å². The Bertz CT molecular complexity index is 741. The largest absolute Gasteiger partial charge is 0.240 e. The molecule has 0 aliphatic heterocycles. The third kappa shape index (κ3) is 3.92. The normalized spacial score (nSPS) is 15.9. The van der Waals surface area contributed by atoms with E-state index in [0.717, 1.165) is 11.1 Å². The summed E-state index contributed by atoms with van der Waals surface area (Å²) in [4.78, 5) is 0.0606. The van der Waals surface area contributed by atoms with Gasteiger partial charge >= 0.3 is 0 Å². The number of hydrogen-bond donors (Lipinski definition) is 1. The van der Waals surface area contributed by atoms with E-state index in [-0.39, 0.29) is 11.3 Å². The Morgan fingerprint density at radius 3 is 2.35 bits per heavy atom. The van der Waals surface area contributed by atoms with Crippen LogP contribution in [-0.4, -0.2) is 14.5 Å². The molecule has 2 aromatic rings. The molecule has 3 nitrogen and oxygen atoms in total. The first-order valence-electron chi connectivity index (χ1n) is 7.81. The molecule has 0 saturated heterocycles. The average molecular weight is 292 g/mol. The second kappa shape index (κ2) is 6.20. The molecular formula is C16H19NO2S. The first kappa shape index (κ1) is 11.1. The number of rotatable bonds is 5. The highest BCUT2D eigenvalue weighted by Gasteiger charge is 2.17. The molecule has 1 atom stereocenters. The van der Waals surface area contributed by atoms with Crippen LogP contribution in [0.3, 0.4) is 0 Å². The molecule has 0 bridgehead atoms. The van der Waals surface area contributed by atoms with Crippen molar-refractivity contribution in [1.82, 2.24) is 4.72 Å². The van der Waals surface area contributed by atoms with Gasteiger partial charge < -0.3 is 0 Å². The fourth-order valence-corrected chi connectivity index (χ4v) is 2.95. The number of nitrogens with one attached hydrogen (secondary N) is 1. The lowest BCUT2D eigenvalue weighted by atomic mass is 10.1. The molecule has 0 fully saturated rings. The molecule has 20 heavy (non-hydrogen) atoms. The highest BCUT2D eigenvalue weighted by atomic mass is 32.2. The van der Waals surface area contributed by atoms with Gasteiger partial charge in [-0.2, -0.15) is 0 Å². The van der Waals surface area contributed by atoms with Crippen molar-refractivity contribution < 1.29 is 12.5 Å². The summed E-state index contributed by atoms with van der Waals surface area (Å²) >= 11 is 0. The van der Waals surface area contributed by atoms with Gasteiger partial charge in [0.1, 0.15) is 0 Å². The summed E-state index contributed by atoms with van der Waals surface area (Å²) < 4.78 is 50.1. The van der Waals surface area contributed by atoms with Crippen molar-refractivity contribution in [2.45, 2.75) is 31.1 Å². The van der Waals surface area contributed by atoms with Gasteiger partial charge in [0.15, 0.2) is 0 Å². The van der Waals surface area contributed by atoms with Gasteiger partial charge in [-0.05, 0) is 37.9 Å². The molecule has 0 heterocycles. The van der Waals surface area contributed by atoms with Gasteiger partial charge in [0.2, 0.25) is 10.0 Å². The third-order valence-electron chi connectivity index (χ3n) is 2.91. The van der Waals surface area contributed by atoms with E-state index in [9.17, 15) is 8.42 Å². The molecule has 106 valence electrons. The zero-order valence-electron chi connectivity index (χ0n) is 14.2. The van der Waals surface area contributed by atoms with Crippen LogP contribution >= 0.6 is 0 Å². The monoisotopic (exact) mass is 292 g/mol. The molecule has 0 aliphatic rings. The molecule has 0 unspecified atom stereocenters. The van der Waals surface area contributed by atoms with Crippen LogP contribution in [0.4, 0.5) is 0 Å². The van der Waals surface area contributed by atoms with Crippen LogP contribution in [0.1, 0.15) is 22.1 Å². The number of hydrogen-bond acceptors (Lipinski definition) is 2. The average Bonchev–Trinajstić information content (AvgIpc) is 2.47. The van der Waals surface area contributed by atoms with Gasteiger partial charge in [-0.3, -0.25) is 0 Å². The van der Waals surface area contributed by atoms with Crippen molar-refractivity contribution in [2.75, 3.05) is 0 Å². The van der Waals surface area contributed by atoms with Gasteiger partial charge in [-0.25, -0.2) is 13.1 Å². The maximum absolute atomic E-state index is 12.4. The number of benzene rings is 2. The second-order valence-electron chi connectivity index (χ2n) is 4.68. The van der Waals surface area contributed by atoms with E-state index < -0.39 is 22.9 Å². The molecule has 2 aromatic carbocycles. The van der Waals surface area contributed by atoms with Gasteiger partial charge in [-0.1, -0.05) is 48.0 Å². The van der Waals surface area contributed by atoms with Crippen LogP contribution in [0, 0.1) is 6.92 Å². The van der Waals surface area contributed by atoms with Crippen LogP contribution in [0.25, 0.3) is 0 Å². The lowest BCUT2D eigenvalue weighted by Gasteiger charge is -2.14. The van der Waals surface area contributed by atoms with Crippen LogP contribution in [-0.2, 0) is 16.4 Å². The van der Waals surface area contributed by atoms with E-state index in [0.29, 0.717) is 0 Å². The number of aryl methyl sites for hydroxylation is 1. The smallest absolute Gasteiger partial charge is 0.208 e. The van der Waals surface area contributed by atoms with Crippen LogP contribution < -0.4 is 4.72 Å². The fraction of sp³-hybridized carbons (Fsp3) is 0.250. The van der Waals surface area contributed by atoms with Crippen molar-refractivity contribution in [3.8, 4) is 0 Å². The second-order valence-corrected chi connectivity index (χ2v) is 6.39. The summed E-state index contributed by atoms with van der Waals surface area (Å²) in [5.41, 5.74) is 1.70. The van der Waals surface area contributed by atoms with Crippen molar-refractivity contribution in [2.24, 2.45) is 0 Å². The number of sulfonamides is 1. The minimum atomic E-state index is -3.89. The van der Waals surface area contributed by atoms with E-state index in [1.54, 1.807) is 36.4 Å². The van der Waals surface area contributed by atoms with Crippen LogP contribution in [0.2, 0.25) is 0 Å². The topological polar surface area (TPSA) is 46.2 Å². The van der Waals surface area contributed by atoms with E-state index in [4.69, 9.17) is 4.11 Å². The summed E-state index contributed by atoms with van der Waals surface area (Å²) in [5.74, 6) is 0. The van der Waals surface area contributed by atoms with Crippen molar-refractivity contribution in [3.63, 3.8) is 0 Å². The molecule has 0 aromatic heterocycles. The van der Waals surface area contributed by atoms with Gasteiger partial charge in [-0.15, -0.1) is 0 Å². The predicted molar refractivity (Wildman–Crippen MR) is 81.1 cm³/mol. The van der Waals surface area contributed by atoms with Crippen molar-refractivity contribution in [3.05, 3.63) is 65.7 Å². The van der Waals surface area contributed by atoms with Gasteiger partial charge in [0.05, 0.1) is 4.90 Å². The highest BCUT2D eigenvalue weighted by Crippen LogP contribution is 2.11. The van der Waals surface area contributed by atoms with Crippen molar-refractivity contribution >= 4 is 10.0 Å². The summed E-state index contributed by atoms with van der Waals surface area (Å²) in [6.45, 7) is -0.585. The van der Waals surface area contributed by atoms with Gasteiger partial charge in [0, 0.05) is 10.2 Å². The van der Waals surface area contributed by atoms with Crippen LogP contribution in [0.15, 0.2) is 59.5 Å². The summed E-state index contributed by atoms with van der Waals surface area (Å²) in [6.07, 6.45) is 0.0996. The Balaban J connectivity index is 2.25. The van der Waals surface area contributed by atoms with Crippen molar-refractivity contribution in [1.29, 1.82) is 0 Å². The summed E-state index contributed by atoms with van der Waals surface area (Å²) in [6, 6.07) is 14.1. The molecule has 0 saturated carbocycles. The molecule has 0 amide bonds. The SMILES string of the molecule is [2H]C([2H])([2H])[C@@H](Cc1ccccc1)NS(=O)(=O)c1ccc(C)cc1. The first-order valence-corrected chi connectivity index (χ1v) is 7.80. The molecule has 4 heteroatoms. The minimum Gasteiger partial charge on any atom is -0.208 e. The Kier molecular flexibility index (Phi) is 3.43. The first-order chi connectivity index (χ1) is 10.7. The molecule has 0 spiro atoms. The summed E-state index contributed by atoms with van der Waals surface area (Å²) in [7, 11) is -3.89. The Labute approximate surface area is 124 Å². The lowest BCUT2D eigenvalue weighted by molar-refractivity contribution is 0.560. The predicted octanol–water partition coefficient (Wildman–Crippen LogP) is 2.90. The quantitative estimate of drug-likeness (QED) is 0.921. The molecule has 1 N–H and O–H groups in total. The molecule has 2 rings (SSSR count). The Morgan fingerprint density at radius 1 is 1.10 bits per heavy atom. The molecule has 0 radical (unpaired) electrons. The fourth-order valence-electron chi connectivity index (χ4n) is 1.86. The zero-order valence-corrected chi connectivity index (χ0v) is 12.0. The maximum atomic E-state index is 12.4. The van der Waals surface area contributed by atoms with Gasteiger partial charge in [0.25, 0.3) is 0 Å². The van der Waals surface area contributed by atoms with E-state index in [1.807, 2.05) is 13.0 Å². The highest BCUT2D eigenvalue weighted by molar-refractivity contribution is 7.89. The minimum absolute atomic E-state index is 0.0606. The van der Waals surface area contributed by atoms with E-state index in [1.165, 1.54) is 12.1 Å². The Hall–Kier alpha value is -1.65. The van der Waals surface area contributed by atoms with E-state index in [2.05, 4.69) is 4.72 Å². The molecular weight excluding hydrogens is 270 g/mol. The zero-order chi connectivity index (χ0) is 17.1.